The first-order valence-corrected chi connectivity index (χ1v) is 6.50. The summed E-state index contributed by atoms with van der Waals surface area (Å²) in [6.45, 7) is 4.26. The maximum absolute atomic E-state index is 5.42. The molecule has 0 aromatic carbocycles. The van der Waals surface area contributed by atoms with Crippen molar-refractivity contribution in [2.24, 2.45) is 5.84 Å². The van der Waals surface area contributed by atoms with Gasteiger partial charge < -0.3 is 4.90 Å². The molecule has 3 N–H and O–H groups in total. The van der Waals surface area contributed by atoms with E-state index in [9.17, 15) is 0 Å². The van der Waals surface area contributed by atoms with Gasteiger partial charge in [0, 0.05) is 13.1 Å². The number of hydrogen-bond donors (Lipinski definition) is 2. The minimum absolute atomic E-state index is 0.290. The molecule has 2 aromatic heterocycles. The highest BCUT2D eigenvalue weighted by molar-refractivity contribution is 5.39. The highest BCUT2D eigenvalue weighted by atomic mass is 15.4. The molecule has 0 aliphatic carbocycles. The molecule has 108 valence electrons. The summed E-state index contributed by atoms with van der Waals surface area (Å²) in [4.78, 5) is 18.8. The molecule has 0 saturated carbocycles. The number of anilines is 2. The summed E-state index contributed by atoms with van der Waals surface area (Å²) in [6, 6.07) is 0.353. The molecular formula is C11H19N9. The molecule has 0 unspecified atom stereocenters. The number of hydrogen-bond acceptors (Lipinski definition) is 8. The zero-order valence-electron chi connectivity index (χ0n) is 11.9. The molecule has 0 bridgehead atoms. The van der Waals surface area contributed by atoms with Crippen molar-refractivity contribution in [1.82, 2.24) is 29.7 Å². The smallest absolute Gasteiger partial charge is 0.258 e. The van der Waals surface area contributed by atoms with Gasteiger partial charge in [0.25, 0.3) is 5.95 Å². The highest BCUT2D eigenvalue weighted by Gasteiger charge is 2.17. The van der Waals surface area contributed by atoms with Gasteiger partial charge in [0.2, 0.25) is 11.9 Å². The SMILES string of the molecule is CCC(CC)N(C)c1nc(NN)nc(-n2cncn2)n1. The quantitative estimate of drug-likeness (QED) is 0.575. The van der Waals surface area contributed by atoms with Crippen LogP contribution < -0.4 is 16.2 Å². The van der Waals surface area contributed by atoms with Gasteiger partial charge >= 0.3 is 0 Å². The molecule has 0 atom stereocenters. The summed E-state index contributed by atoms with van der Waals surface area (Å²) >= 11 is 0. The van der Waals surface area contributed by atoms with Crippen LogP contribution in [-0.4, -0.2) is 42.8 Å². The third-order valence-corrected chi connectivity index (χ3v) is 3.17. The van der Waals surface area contributed by atoms with Crippen molar-refractivity contribution in [2.75, 3.05) is 17.4 Å². The summed E-state index contributed by atoms with van der Waals surface area (Å²) in [7, 11) is 1.96. The van der Waals surface area contributed by atoms with Crippen LogP contribution in [0.4, 0.5) is 11.9 Å². The second-order valence-electron chi connectivity index (χ2n) is 4.32. The fourth-order valence-electron chi connectivity index (χ4n) is 1.99. The predicted molar refractivity (Wildman–Crippen MR) is 75.3 cm³/mol. The van der Waals surface area contributed by atoms with Gasteiger partial charge in [-0.2, -0.15) is 24.7 Å². The molecule has 0 aliphatic heterocycles. The van der Waals surface area contributed by atoms with Crippen LogP contribution in [0.3, 0.4) is 0 Å². The number of nitrogen functional groups attached to an aromatic ring is 1. The third kappa shape index (κ3) is 2.82. The number of rotatable bonds is 6. The van der Waals surface area contributed by atoms with Crippen LogP contribution in [0, 0.1) is 0 Å². The fourth-order valence-corrected chi connectivity index (χ4v) is 1.99. The molecule has 0 radical (unpaired) electrons. The monoisotopic (exact) mass is 277 g/mol. The zero-order valence-corrected chi connectivity index (χ0v) is 11.9. The van der Waals surface area contributed by atoms with Crippen molar-refractivity contribution in [3.05, 3.63) is 12.7 Å². The Morgan fingerprint density at radius 1 is 1.30 bits per heavy atom. The van der Waals surface area contributed by atoms with Crippen LogP contribution in [0.2, 0.25) is 0 Å². The van der Waals surface area contributed by atoms with Gasteiger partial charge in [0.15, 0.2) is 0 Å². The molecule has 9 heteroatoms. The van der Waals surface area contributed by atoms with Gasteiger partial charge in [0.1, 0.15) is 12.7 Å². The van der Waals surface area contributed by atoms with Gasteiger partial charge in [-0.3, -0.25) is 5.43 Å². The number of aromatic nitrogens is 6. The molecule has 2 heterocycles. The molecule has 0 spiro atoms. The molecule has 2 rings (SSSR count). The third-order valence-electron chi connectivity index (χ3n) is 3.17. The molecule has 2 aromatic rings. The van der Waals surface area contributed by atoms with Crippen molar-refractivity contribution in [1.29, 1.82) is 0 Å². The number of hydrazine groups is 1. The topological polar surface area (TPSA) is 111 Å². The normalized spacial score (nSPS) is 10.8. The van der Waals surface area contributed by atoms with Crippen LogP contribution in [0.1, 0.15) is 26.7 Å². The zero-order chi connectivity index (χ0) is 14.5. The lowest BCUT2D eigenvalue weighted by Gasteiger charge is -2.26. The number of nitrogens with zero attached hydrogens (tertiary/aromatic N) is 7. The minimum Gasteiger partial charge on any atom is -0.341 e. The lowest BCUT2D eigenvalue weighted by molar-refractivity contribution is 0.578. The van der Waals surface area contributed by atoms with Crippen LogP contribution in [0.25, 0.3) is 5.95 Å². The van der Waals surface area contributed by atoms with Gasteiger partial charge in [-0.1, -0.05) is 13.8 Å². The van der Waals surface area contributed by atoms with Crippen molar-refractivity contribution in [3.8, 4) is 5.95 Å². The highest BCUT2D eigenvalue weighted by Crippen LogP contribution is 2.16. The van der Waals surface area contributed by atoms with E-state index in [1.165, 1.54) is 17.3 Å². The van der Waals surface area contributed by atoms with E-state index in [-0.39, 0.29) is 0 Å². The van der Waals surface area contributed by atoms with E-state index in [4.69, 9.17) is 5.84 Å². The minimum atomic E-state index is 0.290. The Labute approximate surface area is 117 Å². The molecule has 0 amide bonds. The lowest BCUT2D eigenvalue weighted by atomic mass is 10.1. The van der Waals surface area contributed by atoms with Crippen LogP contribution >= 0.6 is 0 Å². The van der Waals surface area contributed by atoms with Gasteiger partial charge in [-0.25, -0.2) is 10.8 Å². The van der Waals surface area contributed by atoms with Crippen molar-refractivity contribution >= 4 is 11.9 Å². The maximum atomic E-state index is 5.42. The Morgan fingerprint density at radius 2 is 2.05 bits per heavy atom. The largest absolute Gasteiger partial charge is 0.341 e. The average molecular weight is 277 g/mol. The van der Waals surface area contributed by atoms with E-state index in [0.717, 1.165) is 12.8 Å². The van der Waals surface area contributed by atoms with Crippen LogP contribution in [0.15, 0.2) is 12.7 Å². The Hall–Kier alpha value is -2.29. The second-order valence-corrected chi connectivity index (χ2v) is 4.32. The molecule has 0 aliphatic rings. The van der Waals surface area contributed by atoms with E-state index in [1.807, 2.05) is 11.9 Å². The summed E-state index contributed by atoms with van der Waals surface area (Å²) in [5.41, 5.74) is 2.45. The Kier molecular flexibility index (Phi) is 4.41. The van der Waals surface area contributed by atoms with Crippen LogP contribution in [-0.2, 0) is 0 Å². The molecule has 0 saturated heterocycles. The van der Waals surface area contributed by atoms with Crippen LogP contribution in [0.5, 0.6) is 0 Å². The predicted octanol–water partition coefficient (Wildman–Crippen LogP) is 0.363. The van der Waals surface area contributed by atoms with Crippen molar-refractivity contribution in [3.63, 3.8) is 0 Å². The van der Waals surface area contributed by atoms with E-state index in [1.54, 1.807) is 0 Å². The van der Waals surface area contributed by atoms with Crippen molar-refractivity contribution in [2.45, 2.75) is 32.7 Å². The first-order valence-electron chi connectivity index (χ1n) is 6.50. The maximum Gasteiger partial charge on any atom is 0.258 e. The van der Waals surface area contributed by atoms with E-state index < -0.39 is 0 Å². The molecule has 0 fully saturated rings. The van der Waals surface area contributed by atoms with E-state index in [0.29, 0.717) is 23.9 Å². The molecular weight excluding hydrogens is 258 g/mol. The fraction of sp³-hybridized carbons (Fsp3) is 0.545. The molecule has 20 heavy (non-hydrogen) atoms. The summed E-state index contributed by atoms with van der Waals surface area (Å²) in [5.74, 6) is 6.63. The molecule has 9 nitrogen and oxygen atoms in total. The average Bonchev–Trinajstić information content (AvgIpc) is 3.02. The Balaban J connectivity index is 2.40. The standard InChI is InChI=1S/C11H19N9/c1-4-8(5-2)19(3)10-15-9(18-12)16-11(17-10)20-7-13-6-14-20/h6-8H,4-5,12H2,1-3H3,(H,15,16,17,18). The lowest BCUT2D eigenvalue weighted by Crippen LogP contribution is -2.32. The van der Waals surface area contributed by atoms with E-state index in [2.05, 4.69) is 44.3 Å². The Morgan fingerprint density at radius 3 is 2.60 bits per heavy atom. The van der Waals surface area contributed by atoms with E-state index >= 15 is 0 Å². The van der Waals surface area contributed by atoms with Crippen molar-refractivity contribution < 1.29 is 0 Å². The summed E-state index contributed by atoms with van der Waals surface area (Å²) in [5, 5.41) is 4.01. The summed E-state index contributed by atoms with van der Waals surface area (Å²) < 4.78 is 1.47. The van der Waals surface area contributed by atoms with Gasteiger partial charge in [0.05, 0.1) is 0 Å². The first-order chi connectivity index (χ1) is 9.69. The number of nitrogens with two attached hydrogens (primary N) is 1. The first kappa shape index (κ1) is 14.1. The van der Waals surface area contributed by atoms with Gasteiger partial charge in [-0.15, -0.1) is 0 Å². The number of nitrogens with one attached hydrogen (secondary N) is 1. The second kappa shape index (κ2) is 6.24. The summed E-state index contributed by atoms with van der Waals surface area (Å²) in [6.07, 6.45) is 4.95. The Bertz CT molecular complexity index is 535. The van der Waals surface area contributed by atoms with Gasteiger partial charge in [-0.05, 0) is 12.8 Å².